The van der Waals surface area contributed by atoms with Crippen LogP contribution in [0.3, 0.4) is 0 Å². The van der Waals surface area contributed by atoms with Crippen LogP contribution in [0.4, 0.5) is 0 Å². The average Bonchev–Trinajstić information content (AvgIpc) is 3.06. The lowest BCUT2D eigenvalue weighted by atomic mass is 9.63. The molecule has 2 fully saturated rings. The summed E-state index contributed by atoms with van der Waals surface area (Å²) in [6.07, 6.45) is 1.77. The maximum atomic E-state index is 12.1. The molecule has 0 spiro atoms. The van der Waals surface area contributed by atoms with Crippen molar-refractivity contribution in [3.8, 4) is 0 Å². The van der Waals surface area contributed by atoms with Crippen molar-refractivity contribution in [2.24, 2.45) is 0 Å². The van der Waals surface area contributed by atoms with Crippen molar-refractivity contribution >= 4 is 5.78 Å². The highest BCUT2D eigenvalue weighted by Gasteiger charge is 2.75. The summed E-state index contributed by atoms with van der Waals surface area (Å²) in [7, 11) is 1.38. The lowest BCUT2D eigenvalue weighted by molar-refractivity contribution is -0.241. The molecule has 0 aromatic carbocycles. The van der Waals surface area contributed by atoms with E-state index < -0.39 is 22.9 Å². The van der Waals surface area contributed by atoms with Crippen LogP contribution in [0.2, 0.25) is 0 Å². The maximum absolute atomic E-state index is 12.1. The largest absolute Gasteiger partial charge is 0.387 e. The number of ether oxygens (including phenoxy) is 2. The third kappa shape index (κ3) is 2.36. The molecule has 1 heterocycles. The van der Waals surface area contributed by atoms with Crippen molar-refractivity contribution in [3.05, 3.63) is 11.6 Å². The molecule has 1 aliphatic heterocycles. The van der Waals surface area contributed by atoms with Crippen LogP contribution in [0.1, 0.15) is 47.0 Å². The minimum atomic E-state index is -1.75. The quantitative estimate of drug-likeness (QED) is 0.605. The number of carbonyl (C=O) groups excluding carboxylic acids is 1. The first kappa shape index (κ1) is 16.6. The zero-order valence-electron chi connectivity index (χ0n) is 13.5. The zero-order valence-corrected chi connectivity index (χ0v) is 13.5. The summed E-state index contributed by atoms with van der Waals surface area (Å²) in [6.45, 7) is 7.28. The lowest BCUT2D eigenvalue weighted by Crippen LogP contribution is -2.72. The Balaban J connectivity index is 2.33. The van der Waals surface area contributed by atoms with Crippen molar-refractivity contribution in [3.63, 3.8) is 0 Å². The first-order chi connectivity index (χ1) is 9.60. The van der Waals surface area contributed by atoms with E-state index in [1.165, 1.54) is 7.11 Å². The van der Waals surface area contributed by atoms with E-state index >= 15 is 0 Å². The molecule has 0 aromatic rings. The van der Waals surface area contributed by atoms with Crippen LogP contribution in [-0.4, -0.2) is 52.1 Å². The Morgan fingerprint density at radius 2 is 2.05 bits per heavy atom. The van der Waals surface area contributed by atoms with E-state index in [4.69, 9.17) is 9.47 Å². The Kier molecular flexibility index (Phi) is 4.08. The predicted octanol–water partition coefficient (Wildman–Crippen LogP) is 1.36. The van der Waals surface area contributed by atoms with Gasteiger partial charge in [-0.15, -0.1) is 0 Å². The molecule has 5 nitrogen and oxygen atoms in total. The Morgan fingerprint density at radius 3 is 2.57 bits per heavy atom. The van der Waals surface area contributed by atoms with E-state index in [1.807, 2.05) is 19.9 Å². The summed E-state index contributed by atoms with van der Waals surface area (Å²) in [5.41, 5.74) is -3.01. The maximum Gasteiger partial charge on any atom is 0.164 e. The molecule has 1 saturated heterocycles. The second-order valence-corrected chi connectivity index (χ2v) is 6.85. The van der Waals surface area contributed by atoms with Crippen molar-refractivity contribution in [1.29, 1.82) is 0 Å². The summed E-state index contributed by atoms with van der Waals surface area (Å²) in [4.78, 5) is 12.1. The molecule has 120 valence electrons. The fourth-order valence-corrected chi connectivity index (χ4v) is 3.51. The molecule has 2 aliphatic rings. The third-order valence-corrected chi connectivity index (χ3v) is 5.03. The molecule has 0 unspecified atom stereocenters. The normalized spacial score (nSPS) is 46.3. The first-order valence-electron chi connectivity index (χ1n) is 7.41. The van der Waals surface area contributed by atoms with Gasteiger partial charge in [-0.1, -0.05) is 11.6 Å². The molecule has 0 radical (unpaired) electrons. The third-order valence-electron chi connectivity index (χ3n) is 5.03. The van der Waals surface area contributed by atoms with E-state index in [0.717, 1.165) is 5.57 Å². The average molecular weight is 298 g/mol. The minimum absolute atomic E-state index is 0.191. The van der Waals surface area contributed by atoms with Crippen LogP contribution in [0, 0.1) is 0 Å². The number of ketones is 1. The SMILES string of the molecule is CO[C@@H]1C(=O)CC[C@@](C)(O)[C@@]1(O)[C@@]1(C)O[C@@H]1CC=C(C)C. The van der Waals surface area contributed by atoms with E-state index in [0.29, 0.717) is 6.42 Å². The summed E-state index contributed by atoms with van der Waals surface area (Å²) >= 11 is 0. The highest BCUT2D eigenvalue weighted by Crippen LogP contribution is 2.56. The van der Waals surface area contributed by atoms with Crippen molar-refractivity contribution < 1.29 is 24.5 Å². The van der Waals surface area contributed by atoms with Gasteiger partial charge in [-0.05, 0) is 40.5 Å². The van der Waals surface area contributed by atoms with Crippen molar-refractivity contribution in [1.82, 2.24) is 0 Å². The zero-order chi connectivity index (χ0) is 16.1. The smallest absolute Gasteiger partial charge is 0.164 e. The van der Waals surface area contributed by atoms with Gasteiger partial charge in [0.05, 0.1) is 11.7 Å². The van der Waals surface area contributed by atoms with Gasteiger partial charge >= 0.3 is 0 Å². The van der Waals surface area contributed by atoms with Crippen LogP contribution in [0.15, 0.2) is 11.6 Å². The van der Waals surface area contributed by atoms with Crippen LogP contribution in [0.25, 0.3) is 0 Å². The summed E-state index contributed by atoms with van der Waals surface area (Å²) in [6, 6.07) is 0. The van der Waals surface area contributed by atoms with Crippen LogP contribution in [-0.2, 0) is 14.3 Å². The molecular weight excluding hydrogens is 272 g/mol. The number of epoxide rings is 1. The number of hydrogen-bond donors (Lipinski definition) is 2. The van der Waals surface area contributed by atoms with Gasteiger partial charge in [0, 0.05) is 13.5 Å². The molecule has 1 aliphatic carbocycles. The topological polar surface area (TPSA) is 79.3 Å². The van der Waals surface area contributed by atoms with Crippen LogP contribution < -0.4 is 0 Å². The highest BCUT2D eigenvalue weighted by atomic mass is 16.6. The molecular formula is C16H26O5. The fourth-order valence-electron chi connectivity index (χ4n) is 3.51. The molecule has 2 N–H and O–H groups in total. The molecule has 2 rings (SSSR count). The van der Waals surface area contributed by atoms with Gasteiger partial charge in [0.25, 0.3) is 0 Å². The van der Waals surface area contributed by atoms with Gasteiger partial charge in [0.2, 0.25) is 0 Å². The molecule has 1 saturated carbocycles. The Morgan fingerprint density at radius 1 is 1.43 bits per heavy atom. The van der Waals surface area contributed by atoms with Crippen LogP contribution in [0.5, 0.6) is 0 Å². The monoisotopic (exact) mass is 298 g/mol. The second kappa shape index (κ2) is 5.16. The number of rotatable bonds is 4. The summed E-state index contributed by atoms with van der Waals surface area (Å²) in [5.74, 6) is -0.191. The number of Topliss-reactive ketones (excluding diaryl/α,β-unsaturated/α-hetero) is 1. The number of methoxy groups -OCH3 is 1. The van der Waals surface area contributed by atoms with E-state index in [-0.39, 0.29) is 24.7 Å². The Bertz CT molecular complexity index is 465. The highest BCUT2D eigenvalue weighted by molar-refractivity contribution is 5.86. The Hall–Kier alpha value is -0.750. The van der Waals surface area contributed by atoms with E-state index in [1.54, 1.807) is 13.8 Å². The van der Waals surface area contributed by atoms with E-state index in [9.17, 15) is 15.0 Å². The van der Waals surface area contributed by atoms with Crippen molar-refractivity contribution in [2.75, 3.05) is 7.11 Å². The van der Waals surface area contributed by atoms with Gasteiger partial charge < -0.3 is 19.7 Å². The molecule has 5 atom stereocenters. The lowest BCUT2D eigenvalue weighted by Gasteiger charge is -2.50. The molecule has 0 bridgehead atoms. The molecule has 0 amide bonds. The number of aliphatic hydroxyl groups is 2. The summed E-state index contributed by atoms with van der Waals surface area (Å²) in [5, 5.41) is 21.9. The standard InChI is InChI=1S/C16H26O5/c1-10(2)6-7-12-15(4,21-12)16(19)13(20-5)11(17)8-9-14(16,3)18/h6,12-13,18-19H,7-9H2,1-5H3/t12-,13-,14-,15+,16-/m1/s1. The van der Waals surface area contributed by atoms with Crippen molar-refractivity contribution in [2.45, 2.75) is 76.0 Å². The van der Waals surface area contributed by atoms with Crippen LogP contribution >= 0.6 is 0 Å². The summed E-state index contributed by atoms with van der Waals surface area (Å²) < 4.78 is 11.0. The number of hydrogen-bond acceptors (Lipinski definition) is 5. The van der Waals surface area contributed by atoms with Gasteiger partial charge in [-0.25, -0.2) is 0 Å². The minimum Gasteiger partial charge on any atom is -0.387 e. The van der Waals surface area contributed by atoms with Gasteiger partial charge in [0.1, 0.15) is 11.7 Å². The molecule has 0 aromatic heterocycles. The molecule has 5 heteroatoms. The van der Waals surface area contributed by atoms with Gasteiger partial charge in [0.15, 0.2) is 11.4 Å². The number of carbonyl (C=O) groups is 1. The van der Waals surface area contributed by atoms with E-state index in [2.05, 4.69) is 0 Å². The Labute approximate surface area is 125 Å². The van der Waals surface area contributed by atoms with Gasteiger partial charge in [-0.3, -0.25) is 4.79 Å². The van der Waals surface area contributed by atoms with Gasteiger partial charge in [-0.2, -0.15) is 0 Å². The second-order valence-electron chi connectivity index (χ2n) is 6.85. The first-order valence-corrected chi connectivity index (χ1v) is 7.41. The predicted molar refractivity (Wildman–Crippen MR) is 77.9 cm³/mol. The molecule has 21 heavy (non-hydrogen) atoms. The fraction of sp³-hybridized carbons (Fsp3) is 0.812. The number of allylic oxidation sites excluding steroid dienone is 1.